The van der Waals surface area contributed by atoms with E-state index >= 15 is 0 Å². The Morgan fingerprint density at radius 1 is 1.17 bits per heavy atom. The van der Waals surface area contributed by atoms with E-state index in [9.17, 15) is 18.0 Å². The van der Waals surface area contributed by atoms with Crippen molar-refractivity contribution in [1.82, 2.24) is 0 Å². The third-order valence-corrected chi connectivity index (χ3v) is 2.99. The minimum absolute atomic E-state index is 0.0121. The lowest BCUT2D eigenvalue weighted by Crippen LogP contribution is -2.22. The number of halogens is 3. The second-order valence-electron chi connectivity index (χ2n) is 4.76. The lowest BCUT2D eigenvalue weighted by atomic mass is 10.2. The average Bonchev–Trinajstić information content (AvgIpc) is 2.48. The number of carbonyl (C=O) groups excluding carboxylic acids is 1. The third-order valence-electron chi connectivity index (χ3n) is 2.99. The van der Waals surface area contributed by atoms with Gasteiger partial charge in [-0.3, -0.25) is 4.79 Å². The van der Waals surface area contributed by atoms with Gasteiger partial charge in [0.25, 0.3) is 0 Å². The Labute approximate surface area is 131 Å². The highest BCUT2D eigenvalue weighted by atomic mass is 19.3. The van der Waals surface area contributed by atoms with Gasteiger partial charge < -0.3 is 15.4 Å². The SMILES string of the molecule is Cc1cc(F)ccc1NCC(=O)Nc1ccc(OC(F)F)cc1. The molecule has 0 aliphatic rings. The van der Waals surface area contributed by atoms with Crippen molar-refractivity contribution in [3.05, 3.63) is 53.8 Å². The molecule has 2 aromatic rings. The summed E-state index contributed by atoms with van der Waals surface area (Å²) in [5.41, 5.74) is 1.79. The van der Waals surface area contributed by atoms with Crippen LogP contribution in [0.5, 0.6) is 5.75 Å². The van der Waals surface area contributed by atoms with Gasteiger partial charge in [-0.15, -0.1) is 0 Å². The fourth-order valence-corrected chi connectivity index (χ4v) is 1.93. The van der Waals surface area contributed by atoms with Crippen molar-refractivity contribution >= 4 is 17.3 Å². The van der Waals surface area contributed by atoms with Gasteiger partial charge in [0.1, 0.15) is 11.6 Å². The fourth-order valence-electron chi connectivity index (χ4n) is 1.93. The molecule has 0 radical (unpaired) electrons. The zero-order valence-electron chi connectivity index (χ0n) is 12.3. The van der Waals surface area contributed by atoms with Crippen molar-refractivity contribution < 1.29 is 22.7 Å². The minimum Gasteiger partial charge on any atom is -0.435 e. The van der Waals surface area contributed by atoms with Crippen LogP contribution in [0.2, 0.25) is 0 Å². The van der Waals surface area contributed by atoms with E-state index < -0.39 is 6.61 Å². The number of hydrogen-bond acceptors (Lipinski definition) is 3. The monoisotopic (exact) mass is 324 g/mol. The number of alkyl halides is 2. The highest BCUT2D eigenvalue weighted by Crippen LogP contribution is 2.18. The number of benzene rings is 2. The van der Waals surface area contributed by atoms with Crippen LogP contribution in [0.1, 0.15) is 5.56 Å². The highest BCUT2D eigenvalue weighted by molar-refractivity contribution is 5.93. The summed E-state index contributed by atoms with van der Waals surface area (Å²) in [4.78, 5) is 11.8. The van der Waals surface area contributed by atoms with Gasteiger partial charge in [0, 0.05) is 11.4 Å². The Bertz CT molecular complexity index is 676. The maximum absolute atomic E-state index is 13.0. The molecule has 7 heteroatoms. The largest absolute Gasteiger partial charge is 0.435 e. The molecule has 0 atom stereocenters. The van der Waals surface area contributed by atoms with Gasteiger partial charge in [0.05, 0.1) is 6.54 Å². The fraction of sp³-hybridized carbons (Fsp3) is 0.188. The number of ether oxygens (including phenoxy) is 1. The van der Waals surface area contributed by atoms with Crippen LogP contribution in [-0.2, 0) is 4.79 Å². The van der Waals surface area contributed by atoms with Gasteiger partial charge in [0.2, 0.25) is 5.91 Å². The summed E-state index contributed by atoms with van der Waals surface area (Å²) < 4.78 is 41.2. The van der Waals surface area contributed by atoms with E-state index in [4.69, 9.17) is 0 Å². The topological polar surface area (TPSA) is 50.4 Å². The number of nitrogens with one attached hydrogen (secondary N) is 2. The van der Waals surface area contributed by atoms with Crippen LogP contribution in [0, 0.1) is 12.7 Å². The molecule has 1 amide bonds. The molecule has 0 saturated carbocycles. The summed E-state index contributed by atoms with van der Waals surface area (Å²) >= 11 is 0. The van der Waals surface area contributed by atoms with Crippen molar-refractivity contribution in [2.24, 2.45) is 0 Å². The Kier molecular flexibility index (Phi) is 5.46. The lowest BCUT2D eigenvalue weighted by molar-refractivity contribution is -0.114. The van der Waals surface area contributed by atoms with E-state index in [1.807, 2.05) is 0 Å². The van der Waals surface area contributed by atoms with E-state index in [2.05, 4.69) is 15.4 Å². The highest BCUT2D eigenvalue weighted by Gasteiger charge is 2.06. The summed E-state index contributed by atoms with van der Waals surface area (Å²) in [6.07, 6.45) is 0. The van der Waals surface area contributed by atoms with Gasteiger partial charge in [-0.2, -0.15) is 8.78 Å². The van der Waals surface area contributed by atoms with Crippen LogP contribution in [-0.4, -0.2) is 19.1 Å². The number of amides is 1. The van der Waals surface area contributed by atoms with Gasteiger partial charge in [0.15, 0.2) is 0 Å². The van der Waals surface area contributed by atoms with Crippen LogP contribution in [0.4, 0.5) is 24.5 Å². The predicted molar refractivity (Wildman–Crippen MR) is 81.3 cm³/mol. The zero-order chi connectivity index (χ0) is 16.8. The van der Waals surface area contributed by atoms with Crippen molar-refractivity contribution in [2.75, 3.05) is 17.2 Å². The molecule has 0 spiro atoms. The molecule has 0 unspecified atom stereocenters. The van der Waals surface area contributed by atoms with Crippen LogP contribution in [0.25, 0.3) is 0 Å². The molecule has 0 aliphatic heterocycles. The van der Waals surface area contributed by atoms with Crippen LogP contribution >= 0.6 is 0 Å². The normalized spacial score (nSPS) is 10.5. The van der Waals surface area contributed by atoms with Crippen molar-refractivity contribution in [2.45, 2.75) is 13.5 Å². The predicted octanol–water partition coefficient (Wildman–Crippen LogP) is 3.79. The Morgan fingerprint density at radius 3 is 2.48 bits per heavy atom. The molecule has 0 fully saturated rings. The van der Waals surface area contributed by atoms with Crippen LogP contribution < -0.4 is 15.4 Å². The first kappa shape index (κ1) is 16.7. The molecule has 2 N–H and O–H groups in total. The first-order valence-electron chi connectivity index (χ1n) is 6.79. The van der Waals surface area contributed by atoms with E-state index in [1.165, 1.54) is 36.4 Å². The average molecular weight is 324 g/mol. The molecule has 23 heavy (non-hydrogen) atoms. The van der Waals surface area contributed by atoms with Gasteiger partial charge >= 0.3 is 6.61 Å². The molecular weight excluding hydrogens is 309 g/mol. The number of aryl methyl sites for hydroxylation is 1. The van der Waals surface area contributed by atoms with E-state index in [-0.39, 0.29) is 24.0 Å². The van der Waals surface area contributed by atoms with Crippen LogP contribution in [0.15, 0.2) is 42.5 Å². The first-order chi connectivity index (χ1) is 10.9. The lowest BCUT2D eigenvalue weighted by Gasteiger charge is -2.10. The molecule has 0 bridgehead atoms. The van der Waals surface area contributed by atoms with Gasteiger partial charge in [-0.25, -0.2) is 4.39 Å². The maximum atomic E-state index is 13.0. The Hall–Kier alpha value is -2.70. The number of hydrogen-bond donors (Lipinski definition) is 2. The summed E-state index contributed by atoms with van der Waals surface area (Å²) in [5, 5.41) is 5.50. The van der Waals surface area contributed by atoms with Crippen molar-refractivity contribution in [3.8, 4) is 5.75 Å². The van der Waals surface area contributed by atoms with E-state index in [1.54, 1.807) is 13.0 Å². The molecular formula is C16H15F3N2O2. The summed E-state index contributed by atoms with van der Waals surface area (Å²) in [6, 6.07) is 9.79. The second-order valence-corrected chi connectivity index (χ2v) is 4.76. The Balaban J connectivity index is 1.87. The second kappa shape index (κ2) is 7.53. The standard InChI is InChI=1S/C16H15F3N2O2/c1-10-8-11(17)2-7-14(10)20-9-15(22)21-12-3-5-13(6-4-12)23-16(18)19/h2-8,16,20H,9H2,1H3,(H,21,22). The van der Waals surface area contributed by atoms with Gasteiger partial charge in [-0.05, 0) is 55.0 Å². The first-order valence-corrected chi connectivity index (χ1v) is 6.79. The van der Waals surface area contributed by atoms with Crippen molar-refractivity contribution in [1.29, 1.82) is 0 Å². The third kappa shape index (κ3) is 5.21. The molecule has 0 saturated heterocycles. The molecule has 0 heterocycles. The van der Waals surface area contributed by atoms with E-state index in [0.29, 0.717) is 16.9 Å². The van der Waals surface area contributed by atoms with Crippen molar-refractivity contribution in [3.63, 3.8) is 0 Å². The number of rotatable bonds is 6. The zero-order valence-corrected chi connectivity index (χ0v) is 12.3. The molecule has 0 aliphatic carbocycles. The summed E-state index contributed by atoms with van der Waals surface area (Å²) in [6.45, 7) is -1.18. The molecule has 2 rings (SSSR count). The maximum Gasteiger partial charge on any atom is 0.387 e. The molecule has 2 aromatic carbocycles. The van der Waals surface area contributed by atoms with E-state index in [0.717, 1.165) is 0 Å². The minimum atomic E-state index is -2.89. The molecule has 0 aromatic heterocycles. The molecule has 4 nitrogen and oxygen atoms in total. The quantitative estimate of drug-likeness (QED) is 0.850. The van der Waals surface area contributed by atoms with Gasteiger partial charge in [-0.1, -0.05) is 0 Å². The Morgan fingerprint density at radius 2 is 1.87 bits per heavy atom. The molecule has 122 valence electrons. The summed E-state index contributed by atoms with van der Waals surface area (Å²) in [5.74, 6) is -0.655. The summed E-state index contributed by atoms with van der Waals surface area (Å²) in [7, 11) is 0. The number of anilines is 2. The smallest absolute Gasteiger partial charge is 0.387 e. The van der Waals surface area contributed by atoms with Crippen LogP contribution in [0.3, 0.4) is 0 Å². The number of carbonyl (C=O) groups is 1.